The molecule has 0 radical (unpaired) electrons. The summed E-state index contributed by atoms with van der Waals surface area (Å²) in [5, 5.41) is 3.20. The number of nitrogens with one attached hydrogen (secondary N) is 1. The molecule has 0 aliphatic carbocycles. The second kappa shape index (κ2) is 6.12. The Labute approximate surface area is 124 Å². The summed E-state index contributed by atoms with van der Waals surface area (Å²) in [6.07, 6.45) is 2.14. The fourth-order valence-corrected chi connectivity index (χ4v) is 3.42. The summed E-state index contributed by atoms with van der Waals surface area (Å²) in [5.41, 5.74) is 0.824. The predicted molar refractivity (Wildman–Crippen MR) is 79.1 cm³/mol. The lowest BCUT2D eigenvalue weighted by atomic mass is 9.97. The fourth-order valence-electron chi connectivity index (χ4n) is 3.42. The van der Waals surface area contributed by atoms with Crippen molar-refractivity contribution in [2.24, 2.45) is 5.92 Å². The molecule has 21 heavy (non-hydrogen) atoms. The zero-order valence-electron chi connectivity index (χ0n) is 12.4. The van der Waals surface area contributed by atoms with Crippen LogP contribution in [-0.2, 0) is 4.79 Å². The van der Waals surface area contributed by atoms with E-state index >= 15 is 0 Å². The van der Waals surface area contributed by atoms with Crippen LogP contribution in [0.25, 0.3) is 0 Å². The van der Waals surface area contributed by atoms with Gasteiger partial charge in [-0.05, 0) is 50.0 Å². The molecule has 0 saturated carbocycles. The van der Waals surface area contributed by atoms with E-state index < -0.39 is 0 Å². The first-order valence-corrected chi connectivity index (χ1v) is 7.60. The van der Waals surface area contributed by atoms with Gasteiger partial charge < -0.3 is 9.80 Å². The van der Waals surface area contributed by atoms with Crippen LogP contribution in [0.5, 0.6) is 0 Å². The molecule has 1 aromatic carbocycles. The van der Waals surface area contributed by atoms with Crippen molar-refractivity contribution in [3.63, 3.8) is 0 Å². The SMILES string of the molecule is CN1CCCC(CN2C(=O)CNC2c2cccc(F)c2)C1. The smallest absolute Gasteiger partial charge is 0.238 e. The summed E-state index contributed by atoms with van der Waals surface area (Å²) in [4.78, 5) is 16.3. The molecule has 0 spiro atoms. The minimum atomic E-state index is -0.258. The van der Waals surface area contributed by atoms with Crippen molar-refractivity contribution in [2.75, 3.05) is 33.2 Å². The molecule has 4 nitrogen and oxygen atoms in total. The van der Waals surface area contributed by atoms with E-state index in [1.165, 1.54) is 18.6 Å². The third-order valence-corrected chi connectivity index (χ3v) is 4.42. The van der Waals surface area contributed by atoms with Crippen molar-refractivity contribution in [1.82, 2.24) is 15.1 Å². The summed E-state index contributed by atoms with van der Waals surface area (Å²) < 4.78 is 13.4. The highest BCUT2D eigenvalue weighted by molar-refractivity contribution is 5.81. The van der Waals surface area contributed by atoms with Gasteiger partial charge in [0.05, 0.1) is 6.54 Å². The fraction of sp³-hybridized carbons (Fsp3) is 0.562. The van der Waals surface area contributed by atoms with Gasteiger partial charge in [-0.3, -0.25) is 10.1 Å². The summed E-state index contributed by atoms with van der Waals surface area (Å²) in [5.74, 6) is 0.354. The Hall–Kier alpha value is -1.46. The highest BCUT2D eigenvalue weighted by atomic mass is 19.1. The number of amides is 1. The van der Waals surface area contributed by atoms with Crippen LogP contribution in [0.4, 0.5) is 4.39 Å². The van der Waals surface area contributed by atoms with E-state index in [0.29, 0.717) is 12.5 Å². The third-order valence-electron chi connectivity index (χ3n) is 4.42. The number of nitrogens with zero attached hydrogens (tertiary/aromatic N) is 2. The molecular formula is C16H22FN3O. The first kappa shape index (κ1) is 14.5. The van der Waals surface area contributed by atoms with E-state index in [2.05, 4.69) is 17.3 Å². The monoisotopic (exact) mass is 291 g/mol. The minimum absolute atomic E-state index is 0.109. The summed E-state index contributed by atoms with van der Waals surface area (Å²) in [6.45, 7) is 3.25. The van der Waals surface area contributed by atoms with Crippen LogP contribution < -0.4 is 5.32 Å². The van der Waals surface area contributed by atoms with Gasteiger partial charge in [-0.25, -0.2) is 4.39 Å². The number of likely N-dealkylation sites (tertiary alicyclic amines) is 1. The minimum Gasteiger partial charge on any atom is -0.321 e. The van der Waals surface area contributed by atoms with Crippen molar-refractivity contribution in [3.8, 4) is 0 Å². The van der Waals surface area contributed by atoms with Gasteiger partial charge in [0.25, 0.3) is 0 Å². The number of hydrogen-bond acceptors (Lipinski definition) is 3. The third kappa shape index (κ3) is 3.24. The Morgan fingerprint density at radius 3 is 3.05 bits per heavy atom. The summed E-state index contributed by atoms with van der Waals surface area (Å²) >= 11 is 0. The van der Waals surface area contributed by atoms with E-state index in [9.17, 15) is 9.18 Å². The van der Waals surface area contributed by atoms with Crippen LogP contribution in [-0.4, -0.2) is 48.9 Å². The molecule has 2 saturated heterocycles. The van der Waals surface area contributed by atoms with E-state index in [1.807, 2.05) is 11.0 Å². The Morgan fingerprint density at radius 1 is 1.43 bits per heavy atom. The molecule has 2 fully saturated rings. The lowest BCUT2D eigenvalue weighted by Gasteiger charge is -2.34. The standard InChI is InChI=1S/C16H22FN3O/c1-19-7-3-4-12(10-19)11-20-15(21)9-18-16(20)13-5-2-6-14(17)8-13/h2,5-6,8,12,16,18H,3-4,7,9-11H2,1H3. The highest BCUT2D eigenvalue weighted by Crippen LogP contribution is 2.26. The molecule has 2 heterocycles. The van der Waals surface area contributed by atoms with Gasteiger partial charge in [-0.1, -0.05) is 12.1 Å². The predicted octanol–water partition coefficient (Wildman–Crippen LogP) is 1.60. The van der Waals surface area contributed by atoms with Gasteiger partial charge in [-0.2, -0.15) is 0 Å². The first-order chi connectivity index (χ1) is 10.1. The van der Waals surface area contributed by atoms with Gasteiger partial charge in [0, 0.05) is 13.1 Å². The van der Waals surface area contributed by atoms with Crippen LogP contribution in [0.15, 0.2) is 24.3 Å². The zero-order valence-corrected chi connectivity index (χ0v) is 12.4. The number of hydrogen-bond donors (Lipinski definition) is 1. The number of benzene rings is 1. The van der Waals surface area contributed by atoms with Crippen molar-refractivity contribution in [2.45, 2.75) is 19.0 Å². The molecule has 1 N–H and O–H groups in total. The Morgan fingerprint density at radius 2 is 2.29 bits per heavy atom. The molecule has 2 aliphatic heterocycles. The van der Waals surface area contributed by atoms with Crippen molar-refractivity contribution in [3.05, 3.63) is 35.6 Å². The Bertz CT molecular complexity index is 522. The maximum atomic E-state index is 13.4. The number of halogens is 1. The number of piperidine rings is 1. The van der Waals surface area contributed by atoms with Gasteiger partial charge in [0.2, 0.25) is 5.91 Å². The molecule has 1 amide bonds. The normalized spacial score (nSPS) is 27.3. The second-order valence-electron chi connectivity index (χ2n) is 6.16. The van der Waals surface area contributed by atoms with Crippen LogP contribution in [0, 0.1) is 11.7 Å². The molecule has 114 valence electrons. The van der Waals surface area contributed by atoms with E-state index in [0.717, 1.165) is 31.6 Å². The number of carbonyl (C=O) groups is 1. The molecule has 3 rings (SSSR count). The van der Waals surface area contributed by atoms with Gasteiger partial charge in [0.1, 0.15) is 12.0 Å². The molecule has 0 bridgehead atoms. The van der Waals surface area contributed by atoms with E-state index in [4.69, 9.17) is 0 Å². The van der Waals surface area contributed by atoms with Crippen molar-refractivity contribution in [1.29, 1.82) is 0 Å². The largest absolute Gasteiger partial charge is 0.321 e. The van der Waals surface area contributed by atoms with Crippen LogP contribution in [0.3, 0.4) is 0 Å². The Kier molecular flexibility index (Phi) is 4.22. The van der Waals surface area contributed by atoms with Gasteiger partial charge >= 0.3 is 0 Å². The molecular weight excluding hydrogens is 269 g/mol. The summed E-state index contributed by atoms with van der Waals surface area (Å²) in [6, 6.07) is 6.51. The first-order valence-electron chi connectivity index (χ1n) is 7.60. The number of carbonyl (C=O) groups excluding carboxylic acids is 1. The number of rotatable bonds is 3. The summed E-state index contributed by atoms with van der Waals surface area (Å²) in [7, 11) is 2.13. The maximum Gasteiger partial charge on any atom is 0.238 e. The lowest BCUT2D eigenvalue weighted by molar-refractivity contribution is -0.128. The molecule has 2 aliphatic rings. The lowest BCUT2D eigenvalue weighted by Crippen LogP contribution is -2.41. The van der Waals surface area contributed by atoms with Crippen LogP contribution in [0.1, 0.15) is 24.6 Å². The van der Waals surface area contributed by atoms with Gasteiger partial charge in [-0.15, -0.1) is 0 Å². The van der Waals surface area contributed by atoms with Crippen molar-refractivity contribution < 1.29 is 9.18 Å². The van der Waals surface area contributed by atoms with Crippen LogP contribution in [0.2, 0.25) is 0 Å². The quantitative estimate of drug-likeness (QED) is 0.919. The van der Waals surface area contributed by atoms with Gasteiger partial charge in [0.15, 0.2) is 0 Å². The average Bonchev–Trinajstić information content (AvgIpc) is 2.80. The highest BCUT2D eigenvalue weighted by Gasteiger charge is 2.34. The molecule has 5 heteroatoms. The zero-order chi connectivity index (χ0) is 14.8. The second-order valence-corrected chi connectivity index (χ2v) is 6.16. The van der Waals surface area contributed by atoms with E-state index in [1.54, 1.807) is 6.07 Å². The van der Waals surface area contributed by atoms with E-state index in [-0.39, 0.29) is 17.9 Å². The average molecular weight is 291 g/mol. The van der Waals surface area contributed by atoms with Crippen molar-refractivity contribution >= 4 is 5.91 Å². The molecule has 2 atom stereocenters. The molecule has 1 aromatic rings. The maximum absolute atomic E-state index is 13.4. The Balaban J connectivity index is 1.73. The molecule has 0 aromatic heterocycles. The molecule has 2 unspecified atom stereocenters. The topological polar surface area (TPSA) is 35.6 Å². The van der Waals surface area contributed by atoms with Crippen LogP contribution >= 0.6 is 0 Å².